The summed E-state index contributed by atoms with van der Waals surface area (Å²) >= 11 is 2.83. The van der Waals surface area contributed by atoms with Crippen molar-refractivity contribution in [3.8, 4) is 0 Å². The molecule has 0 bridgehead atoms. The van der Waals surface area contributed by atoms with Gasteiger partial charge in [-0.05, 0) is 49.9 Å². The molecule has 182 valence electrons. The van der Waals surface area contributed by atoms with E-state index in [0.29, 0.717) is 22.6 Å². The molecule has 3 aromatic rings. The highest BCUT2D eigenvalue weighted by Crippen LogP contribution is 2.52. The minimum absolute atomic E-state index is 0.131. The van der Waals surface area contributed by atoms with Crippen LogP contribution in [0.3, 0.4) is 0 Å². The van der Waals surface area contributed by atoms with Gasteiger partial charge in [0, 0.05) is 25.2 Å². The summed E-state index contributed by atoms with van der Waals surface area (Å²) < 4.78 is 28.9. The van der Waals surface area contributed by atoms with E-state index >= 15 is 0 Å². The van der Waals surface area contributed by atoms with E-state index in [2.05, 4.69) is 20.1 Å². The fourth-order valence-corrected chi connectivity index (χ4v) is 6.51. The van der Waals surface area contributed by atoms with Crippen LogP contribution < -0.4 is 10.7 Å². The van der Waals surface area contributed by atoms with E-state index < -0.39 is 16.5 Å². The van der Waals surface area contributed by atoms with Crippen LogP contribution in [0.5, 0.6) is 0 Å². The van der Waals surface area contributed by atoms with Crippen molar-refractivity contribution in [1.82, 2.24) is 15.1 Å². The van der Waals surface area contributed by atoms with Crippen LogP contribution in [0.2, 0.25) is 0 Å². The number of aryl methyl sites for hydroxylation is 1. The molecule has 2 aromatic carbocycles. The molecular formula is C24H25F2N7S2. The van der Waals surface area contributed by atoms with Crippen molar-refractivity contribution in [2.45, 2.75) is 31.1 Å². The fraction of sp³-hybridized carbons (Fsp3) is 0.333. The first kappa shape index (κ1) is 23.7. The van der Waals surface area contributed by atoms with Gasteiger partial charge in [0.25, 0.3) is 0 Å². The molecule has 11 heteroatoms. The Balaban J connectivity index is 1.55. The Labute approximate surface area is 210 Å². The maximum atomic E-state index is 14.8. The zero-order valence-electron chi connectivity index (χ0n) is 19.2. The van der Waals surface area contributed by atoms with Crippen molar-refractivity contribution in [2.24, 2.45) is 15.8 Å². The standard InChI is InChI=1S/C24H25F2N7S2/c1-16-29-30-23(34-16)33-24(17-7-3-2-4-8-17,11-5-13-32-14-6-12-28-22(32)27)35-21(31-33)19-15-18(25)9-10-20(19)26/h2-4,7-10,15H,5-6,11-14H2,1H3,(H2,27,28). The van der Waals surface area contributed by atoms with Gasteiger partial charge in [-0.15, -0.1) is 10.2 Å². The number of nitrogens with zero attached hydrogens (tertiary/aromatic N) is 6. The number of hydrogen-bond acceptors (Lipinski definition) is 9. The van der Waals surface area contributed by atoms with Gasteiger partial charge in [0.1, 0.15) is 26.6 Å². The molecule has 2 aliphatic rings. The minimum Gasteiger partial charge on any atom is -0.370 e. The Morgan fingerprint density at radius 1 is 1.11 bits per heavy atom. The summed E-state index contributed by atoms with van der Waals surface area (Å²) in [6.07, 6.45) is 2.41. The second-order valence-electron chi connectivity index (χ2n) is 8.38. The van der Waals surface area contributed by atoms with Crippen LogP contribution >= 0.6 is 23.1 Å². The van der Waals surface area contributed by atoms with Crippen LogP contribution in [0.15, 0.2) is 58.6 Å². The Hall–Kier alpha value is -3.05. The molecule has 0 aliphatic carbocycles. The molecular weight excluding hydrogens is 488 g/mol. The second-order valence-corrected chi connectivity index (χ2v) is 10.8. The summed E-state index contributed by atoms with van der Waals surface area (Å²) in [7, 11) is 0. The van der Waals surface area contributed by atoms with Gasteiger partial charge in [-0.1, -0.05) is 53.4 Å². The van der Waals surface area contributed by atoms with Crippen molar-refractivity contribution < 1.29 is 8.78 Å². The van der Waals surface area contributed by atoms with E-state index in [1.54, 1.807) is 0 Å². The van der Waals surface area contributed by atoms with Crippen molar-refractivity contribution >= 4 is 39.2 Å². The lowest BCUT2D eigenvalue weighted by atomic mass is 10.0. The average Bonchev–Trinajstić information content (AvgIpc) is 3.47. The van der Waals surface area contributed by atoms with Crippen LogP contribution in [0.25, 0.3) is 0 Å². The first-order chi connectivity index (χ1) is 17.0. The van der Waals surface area contributed by atoms with Gasteiger partial charge >= 0.3 is 0 Å². The lowest BCUT2D eigenvalue weighted by Gasteiger charge is -2.36. The molecule has 2 N–H and O–H groups in total. The van der Waals surface area contributed by atoms with E-state index in [-0.39, 0.29) is 5.56 Å². The SMILES string of the molecule is Cc1nnc(N2N=C(c3cc(F)ccc3F)SC2(CCCN2CCCN=C2N)c2ccccc2)s1. The quantitative estimate of drug-likeness (QED) is 0.493. The smallest absolute Gasteiger partial charge is 0.230 e. The Morgan fingerprint density at radius 2 is 1.94 bits per heavy atom. The summed E-state index contributed by atoms with van der Waals surface area (Å²) in [5.74, 6) is -0.466. The van der Waals surface area contributed by atoms with Crippen molar-refractivity contribution in [1.29, 1.82) is 0 Å². The van der Waals surface area contributed by atoms with Gasteiger partial charge in [0.2, 0.25) is 5.13 Å². The zero-order valence-corrected chi connectivity index (χ0v) is 20.8. The number of aliphatic imine (C=N–C) groups is 1. The Morgan fingerprint density at radius 3 is 2.69 bits per heavy atom. The molecule has 1 unspecified atom stereocenters. The van der Waals surface area contributed by atoms with Crippen molar-refractivity contribution in [2.75, 3.05) is 24.6 Å². The predicted molar refractivity (Wildman–Crippen MR) is 138 cm³/mol. The first-order valence-electron chi connectivity index (χ1n) is 11.4. The van der Waals surface area contributed by atoms with Gasteiger partial charge in [0.05, 0.1) is 0 Å². The number of anilines is 1. The molecule has 1 aromatic heterocycles. The highest BCUT2D eigenvalue weighted by Gasteiger charge is 2.48. The summed E-state index contributed by atoms with van der Waals surface area (Å²) in [4.78, 5) is 5.73. The molecule has 0 spiro atoms. The number of halogens is 2. The number of rotatable bonds is 7. The molecule has 5 rings (SSSR count). The van der Waals surface area contributed by atoms with Crippen molar-refractivity contribution in [3.63, 3.8) is 0 Å². The topological polar surface area (TPSA) is 83.0 Å². The Bertz CT molecular complexity index is 1260. The molecule has 0 fully saturated rings. The lowest BCUT2D eigenvalue weighted by Crippen LogP contribution is -2.43. The predicted octanol–water partition coefficient (Wildman–Crippen LogP) is 4.69. The van der Waals surface area contributed by atoms with Gasteiger partial charge in [-0.25, -0.2) is 13.8 Å². The third-order valence-corrected chi connectivity index (χ3v) is 8.27. The number of aromatic nitrogens is 2. The summed E-state index contributed by atoms with van der Waals surface area (Å²) in [5.41, 5.74) is 7.24. The van der Waals surface area contributed by atoms with Crippen molar-refractivity contribution in [3.05, 3.63) is 76.3 Å². The first-order valence-corrected chi connectivity index (χ1v) is 13.0. The molecule has 2 aliphatic heterocycles. The van der Waals surface area contributed by atoms with E-state index in [0.717, 1.165) is 55.2 Å². The number of guanidine groups is 1. The molecule has 0 saturated heterocycles. The van der Waals surface area contributed by atoms with Gasteiger partial charge in [-0.2, -0.15) is 5.10 Å². The van der Waals surface area contributed by atoms with Crippen LogP contribution in [-0.4, -0.2) is 45.7 Å². The monoisotopic (exact) mass is 513 g/mol. The maximum absolute atomic E-state index is 14.8. The largest absolute Gasteiger partial charge is 0.370 e. The summed E-state index contributed by atoms with van der Waals surface area (Å²) in [6, 6.07) is 13.4. The van der Waals surface area contributed by atoms with E-state index in [1.165, 1.54) is 29.2 Å². The molecule has 0 saturated carbocycles. The molecule has 0 amide bonds. The van der Waals surface area contributed by atoms with Gasteiger partial charge in [0.15, 0.2) is 5.96 Å². The Kier molecular flexibility index (Phi) is 6.70. The molecule has 7 nitrogen and oxygen atoms in total. The van der Waals surface area contributed by atoms with E-state index in [1.807, 2.05) is 42.3 Å². The fourth-order valence-electron chi connectivity index (χ4n) is 4.32. The third-order valence-electron chi connectivity index (χ3n) is 6.01. The van der Waals surface area contributed by atoms with Crippen LogP contribution in [0.4, 0.5) is 13.9 Å². The second kappa shape index (κ2) is 9.90. The van der Waals surface area contributed by atoms with Crippen LogP contribution in [-0.2, 0) is 4.87 Å². The van der Waals surface area contributed by atoms with E-state index in [4.69, 9.17) is 10.8 Å². The van der Waals surface area contributed by atoms with Gasteiger partial charge in [-0.3, -0.25) is 4.99 Å². The number of nitrogens with two attached hydrogens (primary N) is 1. The third kappa shape index (κ3) is 4.74. The molecule has 35 heavy (non-hydrogen) atoms. The number of benzene rings is 2. The molecule has 3 heterocycles. The maximum Gasteiger partial charge on any atom is 0.230 e. The molecule has 0 radical (unpaired) electrons. The highest BCUT2D eigenvalue weighted by atomic mass is 32.2. The van der Waals surface area contributed by atoms with Crippen LogP contribution in [0.1, 0.15) is 35.4 Å². The normalized spacial score (nSPS) is 20.2. The van der Waals surface area contributed by atoms with E-state index in [9.17, 15) is 8.78 Å². The average molecular weight is 514 g/mol. The highest BCUT2D eigenvalue weighted by molar-refractivity contribution is 8.15. The van der Waals surface area contributed by atoms with Gasteiger partial charge < -0.3 is 10.6 Å². The van der Waals surface area contributed by atoms with Crippen LogP contribution in [0, 0.1) is 18.6 Å². The molecule has 1 atom stereocenters. The zero-order chi connectivity index (χ0) is 24.4. The summed E-state index contributed by atoms with van der Waals surface area (Å²) in [5, 5.41) is 17.0. The number of hydrogen-bond donors (Lipinski definition) is 1. The summed E-state index contributed by atoms with van der Waals surface area (Å²) in [6.45, 7) is 4.24. The lowest BCUT2D eigenvalue weighted by molar-refractivity contribution is 0.365. The number of hydrazone groups is 1. The number of thioether (sulfide) groups is 1. The minimum atomic E-state index is -0.719.